The fraction of sp³-hybridized carbons (Fsp3) is 0.263. The Kier molecular flexibility index (Phi) is 6.85. The number of rotatable bonds is 6. The highest BCUT2D eigenvalue weighted by atomic mass is 35.5. The molecular weight excluding hydrogens is 359 g/mol. The van der Waals surface area contributed by atoms with E-state index in [0.29, 0.717) is 27.8 Å². The Morgan fingerprint density at radius 2 is 1.20 bits per heavy atom. The lowest BCUT2D eigenvalue weighted by Crippen LogP contribution is -2.15. The third-order valence-electron chi connectivity index (χ3n) is 3.72. The van der Waals surface area contributed by atoms with Crippen LogP contribution in [0.2, 0.25) is 10.0 Å². The molecule has 132 valence electrons. The Morgan fingerprint density at radius 3 is 1.56 bits per heavy atom. The van der Waals surface area contributed by atoms with Crippen molar-refractivity contribution in [2.75, 3.05) is 10.6 Å². The van der Waals surface area contributed by atoms with E-state index in [-0.39, 0.29) is 24.7 Å². The molecule has 2 aromatic carbocycles. The fourth-order valence-corrected chi connectivity index (χ4v) is 2.56. The third kappa shape index (κ3) is 6.07. The van der Waals surface area contributed by atoms with E-state index in [1.54, 1.807) is 24.3 Å². The quantitative estimate of drug-likeness (QED) is 0.710. The predicted octanol–water partition coefficient (Wildman–Crippen LogP) is 5.36. The lowest BCUT2D eigenvalue weighted by molar-refractivity contribution is -0.117. The van der Waals surface area contributed by atoms with Gasteiger partial charge in [-0.2, -0.15) is 0 Å². The molecule has 2 N–H and O–H groups in total. The molecule has 0 radical (unpaired) electrons. The van der Waals surface area contributed by atoms with E-state index in [0.717, 1.165) is 11.1 Å². The van der Waals surface area contributed by atoms with Crippen LogP contribution in [-0.4, -0.2) is 11.8 Å². The van der Waals surface area contributed by atoms with E-state index >= 15 is 0 Å². The van der Waals surface area contributed by atoms with Crippen LogP contribution in [0.15, 0.2) is 36.4 Å². The van der Waals surface area contributed by atoms with Crippen LogP contribution in [0.5, 0.6) is 0 Å². The van der Waals surface area contributed by atoms with Crippen LogP contribution < -0.4 is 10.6 Å². The molecular formula is C19H20Cl2N2O2. The monoisotopic (exact) mass is 378 g/mol. The maximum Gasteiger partial charge on any atom is 0.224 e. The van der Waals surface area contributed by atoms with Crippen molar-refractivity contribution in [3.8, 4) is 0 Å². The lowest BCUT2D eigenvalue weighted by Gasteiger charge is -2.08. The first kappa shape index (κ1) is 19.3. The van der Waals surface area contributed by atoms with Crippen molar-refractivity contribution in [2.45, 2.75) is 33.1 Å². The zero-order valence-electron chi connectivity index (χ0n) is 14.2. The summed E-state index contributed by atoms with van der Waals surface area (Å²) in [5.41, 5.74) is 3.21. The van der Waals surface area contributed by atoms with Crippen LogP contribution >= 0.6 is 23.2 Å². The average Bonchev–Trinajstić information content (AvgIpc) is 2.54. The van der Waals surface area contributed by atoms with Gasteiger partial charge in [-0.25, -0.2) is 0 Å². The molecule has 2 rings (SSSR count). The molecule has 0 aliphatic carbocycles. The number of benzene rings is 2. The van der Waals surface area contributed by atoms with Gasteiger partial charge in [0.2, 0.25) is 11.8 Å². The number of carbonyl (C=O) groups is 2. The first-order valence-corrected chi connectivity index (χ1v) is 8.73. The number of aryl methyl sites for hydroxylation is 2. The Balaban J connectivity index is 1.75. The van der Waals surface area contributed by atoms with Crippen LogP contribution in [-0.2, 0) is 9.59 Å². The zero-order valence-corrected chi connectivity index (χ0v) is 15.7. The minimum Gasteiger partial charge on any atom is -0.326 e. The van der Waals surface area contributed by atoms with Crippen LogP contribution in [0.25, 0.3) is 0 Å². The molecule has 0 aliphatic rings. The number of hydrogen-bond donors (Lipinski definition) is 2. The average molecular weight is 379 g/mol. The van der Waals surface area contributed by atoms with Gasteiger partial charge in [0.15, 0.2) is 0 Å². The molecule has 0 saturated carbocycles. The summed E-state index contributed by atoms with van der Waals surface area (Å²) in [6.07, 6.45) is 0.970. The molecule has 0 heterocycles. The maximum absolute atomic E-state index is 11.9. The zero-order chi connectivity index (χ0) is 18.4. The summed E-state index contributed by atoms with van der Waals surface area (Å²) >= 11 is 12.1. The van der Waals surface area contributed by atoms with Gasteiger partial charge >= 0.3 is 0 Å². The number of halogens is 2. The van der Waals surface area contributed by atoms with Crippen LogP contribution in [0.3, 0.4) is 0 Å². The van der Waals surface area contributed by atoms with Crippen molar-refractivity contribution in [3.63, 3.8) is 0 Å². The largest absolute Gasteiger partial charge is 0.326 e. The van der Waals surface area contributed by atoms with Crippen LogP contribution in [0.1, 0.15) is 30.4 Å². The van der Waals surface area contributed by atoms with Crippen LogP contribution in [0, 0.1) is 13.8 Å². The lowest BCUT2D eigenvalue weighted by atomic mass is 10.2. The summed E-state index contributed by atoms with van der Waals surface area (Å²) in [6.45, 7) is 3.79. The van der Waals surface area contributed by atoms with E-state index in [1.807, 2.05) is 26.0 Å². The van der Waals surface area contributed by atoms with Crippen molar-refractivity contribution < 1.29 is 9.59 Å². The van der Waals surface area contributed by atoms with E-state index in [2.05, 4.69) is 10.6 Å². The molecule has 2 aromatic rings. The summed E-state index contributed by atoms with van der Waals surface area (Å²) in [4.78, 5) is 23.9. The summed E-state index contributed by atoms with van der Waals surface area (Å²) < 4.78 is 0. The van der Waals surface area contributed by atoms with Gasteiger partial charge < -0.3 is 10.6 Å². The number of hydrogen-bond acceptors (Lipinski definition) is 2. The van der Waals surface area contributed by atoms with Gasteiger partial charge in [-0.05, 0) is 55.7 Å². The molecule has 4 nitrogen and oxygen atoms in total. The Bertz CT molecular complexity index is 725. The highest BCUT2D eigenvalue weighted by Crippen LogP contribution is 2.21. The highest BCUT2D eigenvalue weighted by molar-refractivity contribution is 6.32. The maximum atomic E-state index is 11.9. The molecule has 0 unspecified atom stereocenters. The Morgan fingerprint density at radius 1 is 0.800 bits per heavy atom. The van der Waals surface area contributed by atoms with Gasteiger partial charge in [-0.3, -0.25) is 9.59 Å². The fourth-order valence-electron chi connectivity index (χ4n) is 2.20. The van der Waals surface area contributed by atoms with Crippen molar-refractivity contribution in [1.82, 2.24) is 0 Å². The van der Waals surface area contributed by atoms with E-state index in [4.69, 9.17) is 23.2 Å². The summed E-state index contributed by atoms with van der Waals surface area (Å²) in [6, 6.07) is 10.7. The summed E-state index contributed by atoms with van der Waals surface area (Å²) in [5, 5.41) is 6.76. The molecule has 0 saturated heterocycles. The number of carbonyl (C=O) groups excluding carboxylic acids is 2. The van der Waals surface area contributed by atoms with Crippen molar-refractivity contribution in [2.24, 2.45) is 0 Å². The topological polar surface area (TPSA) is 58.2 Å². The molecule has 0 aromatic heterocycles. The molecule has 0 spiro atoms. The smallest absolute Gasteiger partial charge is 0.224 e. The number of nitrogens with one attached hydrogen (secondary N) is 2. The van der Waals surface area contributed by atoms with Crippen molar-refractivity contribution in [3.05, 3.63) is 57.6 Å². The van der Waals surface area contributed by atoms with Gasteiger partial charge in [0, 0.05) is 34.3 Å². The Labute approximate surface area is 157 Å². The molecule has 0 atom stereocenters. The standard InChI is InChI=1S/C19H20Cl2N2O2/c1-12-6-8-14(10-16(12)20)22-18(24)4-3-5-19(25)23-15-9-7-13(2)17(21)11-15/h6-11H,3-5H2,1-2H3,(H,22,24)(H,23,25). The molecule has 0 aliphatic heterocycles. The SMILES string of the molecule is Cc1ccc(NC(=O)CCCC(=O)Nc2ccc(C)c(Cl)c2)cc1Cl. The first-order valence-electron chi connectivity index (χ1n) is 7.97. The second kappa shape index (κ2) is 8.88. The minimum atomic E-state index is -0.147. The predicted molar refractivity (Wildman–Crippen MR) is 103 cm³/mol. The van der Waals surface area contributed by atoms with Crippen molar-refractivity contribution >= 4 is 46.4 Å². The Hall–Kier alpha value is -2.04. The number of amides is 2. The minimum absolute atomic E-state index is 0.147. The van der Waals surface area contributed by atoms with E-state index < -0.39 is 0 Å². The molecule has 6 heteroatoms. The van der Waals surface area contributed by atoms with Crippen LogP contribution in [0.4, 0.5) is 11.4 Å². The second-order valence-corrected chi connectivity index (χ2v) is 6.69. The first-order chi connectivity index (χ1) is 11.8. The van der Waals surface area contributed by atoms with Gasteiger partial charge in [0.05, 0.1) is 0 Å². The third-order valence-corrected chi connectivity index (χ3v) is 4.53. The normalized spacial score (nSPS) is 10.4. The molecule has 0 fully saturated rings. The number of anilines is 2. The summed E-state index contributed by atoms with van der Waals surface area (Å²) in [5.74, 6) is -0.294. The highest BCUT2D eigenvalue weighted by Gasteiger charge is 2.08. The molecule has 2 amide bonds. The second-order valence-electron chi connectivity index (χ2n) is 5.88. The van der Waals surface area contributed by atoms with Crippen molar-refractivity contribution in [1.29, 1.82) is 0 Å². The van der Waals surface area contributed by atoms with Gasteiger partial charge in [-0.1, -0.05) is 35.3 Å². The van der Waals surface area contributed by atoms with E-state index in [1.165, 1.54) is 0 Å². The molecule has 25 heavy (non-hydrogen) atoms. The van der Waals surface area contributed by atoms with Gasteiger partial charge in [0.25, 0.3) is 0 Å². The molecule has 0 bridgehead atoms. The van der Waals surface area contributed by atoms with Gasteiger partial charge in [0.1, 0.15) is 0 Å². The summed E-state index contributed by atoms with van der Waals surface area (Å²) in [7, 11) is 0. The van der Waals surface area contributed by atoms with E-state index in [9.17, 15) is 9.59 Å². The van der Waals surface area contributed by atoms with Gasteiger partial charge in [-0.15, -0.1) is 0 Å².